The molecule has 1 saturated carbocycles. The lowest BCUT2D eigenvalue weighted by Crippen LogP contribution is -2.46. The Labute approximate surface area is 129 Å². The van der Waals surface area contributed by atoms with Crippen molar-refractivity contribution in [3.63, 3.8) is 0 Å². The van der Waals surface area contributed by atoms with Gasteiger partial charge in [0.25, 0.3) is 0 Å². The number of rotatable bonds is 7. The summed E-state index contributed by atoms with van der Waals surface area (Å²) >= 11 is 0. The van der Waals surface area contributed by atoms with E-state index >= 15 is 0 Å². The standard InChI is InChI=1S/C17H31N3O/c1-4-13-20-14-12-19-16(20)15(18-5-2)17(21-3)10-8-6-7-9-11-17/h12,14-15,18H,4-11,13H2,1-3H3. The lowest BCUT2D eigenvalue weighted by molar-refractivity contribution is -0.0566. The summed E-state index contributed by atoms with van der Waals surface area (Å²) in [5.74, 6) is 1.14. The Bertz CT molecular complexity index is 408. The molecule has 1 N–H and O–H groups in total. The largest absolute Gasteiger partial charge is 0.376 e. The average molecular weight is 293 g/mol. The van der Waals surface area contributed by atoms with Gasteiger partial charge in [-0.05, 0) is 25.8 Å². The van der Waals surface area contributed by atoms with Gasteiger partial charge >= 0.3 is 0 Å². The van der Waals surface area contributed by atoms with Gasteiger partial charge in [0.05, 0.1) is 11.6 Å². The fraction of sp³-hybridized carbons (Fsp3) is 0.824. The summed E-state index contributed by atoms with van der Waals surface area (Å²) in [6.07, 6.45) is 12.6. The van der Waals surface area contributed by atoms with Crippen LogP contribution in [-0.2, 0) is 11.3 Å². The molecular formula is C17H31N3O. The first-order valence-electron chi connectivity index (χ1n) is 8.57. The summed E-state index contributed by atoms with van der Waals surface area (Å²) < 4.78 is 8.41. The molecule has 1 unspecified atom stereocenters. The Morgan fingerprint density at radius 3 is 2.57 bits per heavy atom. The number of nitrogens with zero attached hydrogens (tertiary/aromatic N) is 2. The van der Waals surface area contributed by atoms with E-state index in [-0.39, 0.29) is 11.6 Å². The highest BCUT2D eigenvalue weighted by Gasteiger charge is 2.41. The first-order chi connectivity index (χ1) is 10.3. The minimum atomic E-state index is -0.108. The fourth-order valence-corrected chi connectivity index (χ4v) is 3.67. The van der Waals surface area contributed by atoms with Crippen molar-refractivity contribution in [2.75, 3.05) is 13.7 Å². The molecule has 0 saturated heterocycles. The van der Waals surface area contributed by atoms with Gasteiger partial charge in [-0.1, -0.05) is 39.5 Å². The molecule has 1 aliphatic rings. The minimum absolute atomic E-state index is 0.108. The summed E-state index contributed by atoms with van der Waals surface area (Å²) in [5, 5.41) is 3.66. The van der Waals surface area contributed by atoms with Crippen LogP contribution in [-0.4, -0.2) is 28.8 Å². The number of aryl methyl sites for hydroxylation is 1. The van der Waals surface area contributed by atoms with Crippen molar-refractivity contribution in [1.29, 1.82) is 0 Å². The van der Waals surface area contributed by atoms with E-state index in [9.17, 15) is 0 Å². The van der Waals surface area contributed by atoms with Gasteiger partial charge in [0.1, 0.15) is 5.82 Å². The zero-order chi connectivity index (χ0) is 15.1. The molecule has 120 valence electrons. The Morgan fingerprint density at radius 1 is 1.29 bits per heavy atom. The third kappa shape index (κ3) is 3.67. The summed E-state index contributed by atoms with van der Waals surface area (Å²) in [6.45, 7) is 6.34. The zero-order valence-electron chi connectivity index (χ0n) is 13.9. The molecule has 4 heteroatoms. The van der Waals surface area contributed by atoms with Crippen LogP contribution in [0, 0.1) is 0 Å². The van der Waals surface area contributed by atoms with Gasteiger partial charge in [0.15, 0.2) is 0 Å². The second kappa shape index (κ2) is 7.95. The molecule has 1 atom stereocenters. The Kier molecular flexibility index (Phi) is 6.24. The topological polar surface area (TPSA) is 39.1 Å². The number of nitrogens with one attached hydrogen (secondary N) is 1. The highest BCUT2D eigenvalue weighted by atomic mass is 16.5. The molecule has 4 nitrogen and oxygen atoms in total. The summed E-state index contributed by atoms with van der Waals surface area (Å²) in [7, 11) is 1.88. The van der Waals surface area contributed by atoms with E-state index < -0.39 is 0 Å². The van der Waals surface area contributed by atoms with Crippen LogP contribution < -0.4 is 5.32 Å². The fourth-order valence-electron chi connectivity index (χ4n) is 3.67. The minimum Gasteiger partial charge on any atom is -0.376 e. The van der Waals surface area contributed by atoms with Crippen LogP contribution in [0.5, 0.6) is 0 Å². The first-order valence-corrected chi connectivity index (χ1v) is 8.57. The maximum Gasteiger partial charge on any atom is 0.128 e. The van der Waals surface area contributed by atoms with E-state index in [1.54, 1.807) is 0 Å². The van der Waals surface area contributed by atoms with Gasteiger partial charge in [0.2, 0.25) is 0 Å². The predicted octanol–water partition coefficient (Wildman–Crippen LogP) is 3.68. The van der Waals surface area contributed by atoms with E-state index in [0.717, 1.165) is 38.2 Å². The molecule has 0 aromatic carbocycles. The SMILES string of the molecule is CCCn1ccnc1C(NCC)C1(OC)CCCCCC1. The van der Waals surface area contributed by atoms with E-state index in [4.69, 9.17) is 4.74 Å². The van der Waals surface area contributed by atoms with Crippen LogP contribution in [0.1, 0.15) is 70.7 Å². The molecule has 1 aromatic heterocycles. The van der Waals surface area contributed by atoms with Crippen molar-refractivity contribution in [2.45, 2.75) is 77.0 Å². The number of imidazole rings is 1. The molecule has 0 spiro atoms. The second-order valence-electron chi connectivity index (χ2n) is 6.15. The summed E-state index contributed by atoms with van der Waals surface area (Å²) in [6, 6.07) is 0.187. The van der Waals surface area contributed by atoms with Crippen molar-refractivity contribution in [2.24, 2.45) is 0 Å². The maximum atomic E-state index is 6.11. The third-order valence-electron chi connectivity index (χ3n) is 4.76. The Hall–Kier alpha value is -0.870. The highest BCUT2D eigenvalue weighted by Crippen LogP contribution is 2.39. The average Bonchev–Trinajstić information content (AvgIpc) is 2.81. The number of hydrogen-bond donors (Lipinski definition) is 1. The lowest BCUT2D eigenvalue weighted by Gasteiger charge is -2.39. The van der Waals surface area contributed by atoms with Gasteiger partial charge < -0.3 is 14.6 Å². The van der Waals surface area contributed by atoms with Gasteiger partial charge in [-0.15, -0.1) is 0 Å². The Morgan fingerprint density at radius 2 is 2.00 bits per heavy atom. The van der Waals surface area contributed by atoms with Crippen LogP contribution in [0.3, 0.4) is 0 Å². The van der Waals surface area contributed by atoms with Crippen LogP contribution in [0.25, 0.3) is 0 Å². The number of aromatic nitrogens is 2. The monoisotopic (exact) mass is 293 g/mol. The molecule has 0 amide bonds. The molecule has 0 aliphatic heterocycles. The summed E-state index contributed by atoms with van der Waals surface area (Å²) in [4.78, 5) is 4.67. The van der Waals surface area contributed by atoms with Crippen molar-refractivity contribution >= 4 is 0 Å². The smallest absolute Gasteiger partial charge is 0.128 e. The molecule has 1 aromatic rings. The van der Waals surface area contributed by atoms with Gasteiger partial charge in [-0.2, -0.15) is 0 Å². The highest BCUT2D eigenvalue weighted by molar-refractivity contribution is 5.09. The molecule has 1 fully saturated rings. The Balaban J connectivity index is 2.32. The second-order valence-corrected chi connectivity index (χ2v) is 6.15. The van der Waals surface area contributed by atoms with Crippen molar-refractivity contribution in [1.82, 2.24) is 14.9 Å². The predicted molar refractivity (Wildman–Crippen MR) is 86.4 cm³/mol. The molecule has 2 rings (SSSR count). The van der Waals surface area contributed by atoms with Crippen molar-refractivity contribution in [3.8, 4) is 0 Å². The molecule has 21 heavy (non-hydrogen) atoms. The molecule has 1 aliphatic carbocycles. The maximum absolute atomic E-state index is 6.11. The van der Waals surface area contributed by atoms with E-state index in [1.165, 1.54) is 25.7 Å². The van der Waals surface area contributed by atoms with Crippen molar-refractivity contribution < 1.29 is 4.74 Å². The quantitative estimate of drug-likeness (QED) is 0.779. The molecular weight excluding hydrogens is 262 g/mol. The van der Waals surface area contributed by atoms with E-state index in [2.05, 4.69) is 34.9 Å². The van der Waals surface area contributed by atoms with Gasteiger partial charge in [0, 0.05) is 26.0 Å². The van der Waals surface area contributed by atoms with Gasteiger partial charge in [-0.25, -0.2) is 4.98 Å². The normalized spacial score (nSPS) is 20.1. The van der Waals surface area contributed by atoms with Crippen molar-refractivity contribution in [3.05, 3.63) is 18.2 Å². The molecule has 1 heterocycles. The zero-order valence-corrected chi connectivity index (χ0v) is 13.9. The number of ether oxygens (including phenoxy) is 1. The molecule has 0 radical (unpaired) electrons. The first kappa shape index (κ1) is 16.5. The number of likely N-dealkylation sites (N-methyl/N-ethyl adjacent to an activating group) is 1. The number of hydrogen-bond acceptors (Lipinski definition) is 3. The van der Waals surface area contributed by atoms with Crippen LogP contribution >= 0.6 is 0 Å². The third-order valence-corrected chi connectivity index (χ3v) is 4.76. The van der Waals surface area contributed by atoms with E-state index in [0.29, 0.717) is 0 Å². The summed E-state index contributed by atoms with van der Waals surface area (Å²) in [5.41, 5.74) is -0.108. The number of methoxy groups -OCH3 is 1. The van der Waals surface area contributed by atoms with Crippen LogP contribution in [0.15, 0.2) is 12.4 Å². The van der Waals surface area contributed by atoms with Gasteiger partial charge in [-0.3, -0.25) is 0 Å². The molecule has 0 bridgehead atoms. The van der Waals surface area contributed by atoms with E-state index in [1.807, 2.05) is 13.3 Å². The van der Waals surface area contributed by atoms with Crippen LogP contribution in [0.2, 0.25) is 0 Å². The van der Waals surface area contributed by atoms with Crippen LogP contribution in [0.4, 0.5) is 0 Å². The lowest BCUT2D eigenvalue weighted by atomic mass is 9.85.